The maximum Gasteiger partial charge on any atom is 0.331 e. The summed E-state index contributed by atoms with van der Waals surface area (Å²) in [5, 5.41) is 3.53. The van der Waals surface area contributed by atoms with Gasteiger partial charge in [0.25, 0.3) is 0 Å². The smallest absolute Gasteiger partial charge is 0.331 e. The Morgan fingerprint density at radius 3 is 2.79 bits per heavy atom. The Hall–Kier alpha value is -0.920. The summed E-state index contributed by atoms with van der Waals surface area (Å²) in [7, 11) is 1.39. The van der Waals surface area contributed by atoms with Crippen molar-refractivity contribution >= 4 is 34.1 Å². The number of carbonyl (C=O) groups is 1. The zero-order valence-corrected chi connectivity index (χ0v) is 12.5. The Morgan fingerprint density at radius 2 is 2.26 bits per heavy atom. The van der Waals surface area contributed by atoms with E-state index in [1.54, 1.807) is 18.0 Å². The summed E-state index contributed by atoms with van der Waals surface area (Å²) in [5.41, 5.74) is -0.183. The Bertz CT molecular complexity index is 527. The Morgan fingerprint density at radius 1 is 1.53 bits per heavy atom. The molecular weight excluding hydrogens is 284 g/mol. The molecule has 0 aliphatic carbocycles. The molecule has 7 heteroatoms. The number of carbonyl (C=O) groups excluding carboxylic acids is 1. The average Bonchev–Trinajstić information content (AvgIpc) is 2.87. The standard InChI is InChI=1S/C12H14N2O3S2/c1-12(2)8(17-12)7-6(11(15)16-3)14-10(19-7)9-13-4-5-18-9/h4-8H,1-3H3. The van der Waals surface area contributed by atoms with E-state index < -0.39 is 6.04 Å². The van der Waals surface area contributed by atoms with Crippen molar-refractivity contribution in [3.8, 4) is 0 Å². The van der Waals surface area contributed by atoms with Crippen molar-refractivity contribution in [1.82, 2.24) is 4.98 Å². The van der Waals surface area contributed by atoms with E-state index in [4.69, 9.17) is 9.47 Å². The van der Waals surface area contributed by atoms with E-state index in [1.807, 2.05) is 19.2 Å². The van der Waals surface area contributed by atoms with Gasteiger partial charge in [0.2, 0.25) is 0 Å². The molecule has 19 heavy (non-hydrogen) atoms. The molecule has 3 rings (SSSR count). The van der Waals surface area contributed by atoms with Gasteiger partial charge in [-0.25, -0.2) is 9.78 Å². The van der Waals surface area contributed by atoms with E-state index in [0.717, 1.165) is 10.1 Å². The van der Waals surface area contributed by atoms with Crippen LogP contribution in [0.5, 0.6) is 0 Å². The molecule has 1 saturated heterocycles. The third kappa shape index (κ3) is 2.30. The van der Waals surface area contributed by atoms with Crippen LogP contribution in [0.2, 0.25) is 0 Å². The molecule has 0 aromatic carbocycles. The SMILES string of the molecule is COC(=O)C1N=C(c2nccs2)SC1C1OC1(C)C. The topological polar surface area (TPSA) is 64.1 Å². The second-order valence-corrected chi connectivity index (χ2v) is 7.03. The molecule has 0 radical (unpaired) electrons. The first-order valence-corrected chi connectivity index (χ1v) is 7.69. The van der Waals surface area contributed by atoms with Crippen LogP contribution in [-0.2, 0) is 14.3 Å². The van der Waals surface area contributed by atoms with E-state index in [1.165, 1.54) is 18.4 Å². The molecule has 1 fully saturated rings. The molecule has 0 amide bonds. The molecule has 0 bridgehead atoms. The Labute approximate surface area is 119 Å². The van der Waals surface area contributed by atoms with Crippen molar-refractivity contribution in [2.75, 3.05) is 7.11 Å². The number of thioether (sulfide) groups is 1. The summed E-state index contributed by atoms with van der Waals surface area (Å²) in [4.78, 5) is 20.6. The number of esters is 1. The van der Waals surface area contributed by atoms with Crippen LogP contribution in [0.25, 0.3) is 0 Å². The summed E-state index contributed by atoms with van der Waals surface area (Å²) in [6.45, 7) is 4.04. The molecule has 102 valence electrons. The normalized spacial score (nSPS) is 31.9. The third-order valence-electron chi connectivity index (χ3n) is 3.23. The number of aliphatic imine (C=N–C) groups is 1. The van der Waals surface area contributed by atoms with Gasteiger partial charge in [-0.15, -0.1) is 11.3 Å². The summed E-state index contributed by atoms with van der Waals surface area (Å²) >= 11 is 3.09. The lowest BCUT2D eigenvalue weighted by atomic mass is 10.0. The van der Waals surface area contributed by atoms with E-state index >= 15 is 0 Å². The lowest BCUT2D eigenvalue weighted by molar-refractivity contribution is -0.142. The first-order chi connectivity index (χ1) is 9.03. The van der Waals surface area contributed by atoms with E-state index in [-0.39, 0.29) is 22.9 Å². The van der Waals surface area contributed by atoms with Gasteiger partial charge in [0.15, 0.2) is 6.04 Å². The summed E-state index contributed by atoms with van der Waals surface area (Å²) in [5.74, 6) is -0.310. The van der Waals surface area contributed by atoms with Crippen molar-refractivity contribution < 1.29 is 14.3 Å². The highest BCUT2D eigenvalue weighted by molar-refractivity contribution is 8.15. The number of aromatic nitrogens is 1. The van der Waals surface area contributed by atoms with Crippen LogP contribution in [0.15, 0.2) is 16.6 Å². The lowest BCUT2D eigenvalue weighted by Gasteiger charge is -2.13. The molecule has 0 N–H and O–H groups in total. The lowest BCUT2D eigenvalue weighted by Crippen LogP contribution is -2.34. The largest absolute Gasteiger partial charge is 0.467 e. The summed E-state index contributed by atoms with van der Waals surface area (Å²) in [6.07, 6.45) is 1.77. The highest BCUT2D eigenvalue weighted by Crippen LogP contribution is 2.47. The second kappa shape index (κ2) is 4.57. The van der Waals surface area contributed by atoms with Crippen molar-refractivity contribution in [1.29, 1.82) is 0 Å². The Balaban J connectivity index is 1.85. The minimum atomic E-state index is -0.499. The molecule has 5 nitrogen and oxygen atoms in total. The van der Waals surface area contributed by atoms with Gasteiger partial charge in [-0.2, -0.15) is 0 Å². The van der Waals surface area contributed by atoms with Crippen LogP contribution in [-0.4, -0.2) is 46.1 Å². The number of ether oxygens (including phenoxy) is 2. The van der Waals surface area contributed by atoms with Crippen LogP contribution < -0.4 is 0 Å². The van der Waals surface area contributed by atoms with Crippen molar-refractivity contribution in [3.63, 3.8) is 0 Å². The maximum absolute atomic E-state index is 11.9. The van der Waals surface area contributed by atoms with E-state index in [0.29, 0.717) is 0 Å². The maximum atomic E-state index is 11.9. The minimum Gasteiger partial charge on any atom is -0.467 e. The van der Waals surface area contributed by atoms with Crippen LogP contribution in [0, 0.1) is 0 Å². The number of thiazole rings is 1. The van der Waals surface area contributed by atoms with Crippen LogP contribution in [0.3, 0.4) is 0 Å². The number of nitrogens with zero attached hydrogens (tertiary/aromatic N) is 2. The van der Waals surface area contributed by atoms with Crippen molar-refractivity contribution in [3.05, 3.63) is 16.6 Å². The van der Waals surface area contributed by atoms with Gasteiger partial charge in [-0.05, 0) is 13.8 Å². The monoisotopic (exact) mass is 298 g/mol. The van der Waals surface area contributed by atoms with Gasteiger partial charge in [-0.3, -0.25) is 4.99 Å². The van der Waals surface area contributed by atoms with Gasteiger partial charge in [0.05, 0.1) is 18.0 Å². The second-order valence-electron chi connectivity index (χ2n) is 4.96. The van der Waals surface area contributed by atoms with Crippen molar-refractivity contribution in [2.45, 2.75) is 36.8 Å². The van der Waals surface area contributed by atoms with Gasteiger partial charge >= 0.3 is 5.97 Å². The molecule has 3 heterocycles. The highest BCUT2D eigenvalue weighted by atomic mass is 32.2. The summed E-state index contributed by atoms with van der Waals surface area (Å²) < 4.78 is 10.5. The number of methoxy groups -OCH3 is 1. The number of rotatable bonds is 3. The zero-order chi connectivity index (χ0) is 13.6. The van der Waals surface area contributed by atoms with Gasteiger partial charge in [0, 0.05) is 11.6 Å². The van der Waals surface area contributed by atoms with Gasteiger partial charge in [-0.1, -0.05) is 11.8 Å². The third-order valence-corrected chi connectivity index (χ3v) is 5.44. The molecule has 1 aromatic heterocycles. The van der Waals surface area contributed by atoms with Crippen molar-refractivity contribution in [2.24, 2.45) is 4.99 Å². The molecule has 0 saturated carbocycles. The predicted molar refractivity (Wildman–Crippen MR) is 74.8 cm³/mol. The quantitative estimate of drug-likeness (QED) is 0.628. The molecule has 2 aliphatic rings. The number of hydrogen-bond donors (Lipinski definition) is 0. The fraction of sp³-hybridized carbons (Fsp3) is 0.583. The minimum absolute atomic E-state index is 0.0265. The zero-order valence-electron chi connectivity index (χ0n) is 10.8. The molecule has 3 unspecified atom stereocenters. The first-order valence-electron chi connectivity index (χ1n) is 5.93. The van der Waals surface area contributed by atoms with E-state index in [9.17, 15) is 4.79 Å². The fourth-order valence-electron chi connectivity index (χ4n) is 2.15. The predicted octanol–water partition coefficient (Wildman–Crippen LogP) is 1.72. The highest BCUT2D eigenvalue weighted by Gasteiger charge is 2.58. The molecule has 1 aromatic rings. The van der Waals surface area contributed by atoms with Gasteiger partial charge < -0.3 is 9.47 Å². The molecule has 3 atom stereocenters. The Kier molecular flexibility index (Phi) is 3.15. The van der Waals surface area contributed by atoms with Gasteiger partial charge in [0.1, 0.15) is 16.2 Å². The molecule has 0 spiro atoms. The van der Waals surface area contributed by atoms with E-state index in [2.05, 4.69) is 9.98 Å². The fourth-order valence-corrected chi connectivity index (χ4v) is 4.36. The molecular formula is C12H14N2O3S2. The summed E-state index contributed by atoms with van der Waals surface area (Å²) in [6, 6.07) is -0.499. The number of epoxide rings is 1. The van der Waals surface area contributed by atoms with Crippen LogP contribution in [0.1, 0.15) is 18.9 Å². The average molecular weight is 298 g/mol. The first kappa shape index (κ1) is 13.1. The van der Waals surface area contributed by atoms with Crippen LogP contribution >= 0.6 is 23.1 Å². The molecule has 2 aliphatic heterocycles. The van der Waals surface area contributed by atoms with Crippen LogP contribution in [0.4, 0.5) is 0 Å². The number of hydrogen-bond acceptors (Lipinski definition) is 7.